The molecular weight excluding hydrogens is 304 g/mol. The van der Waals surface area contributed by atoms with Crippen LogP contribution in [0.3, 0.4) is 0 Å². The van der Waals surface area contributed by atoms with Crippen LogP contribution >= 0.6 is 0 Å². The molecule has 128 valence electrons. The summed E-state index contributed by atoms with van der Waals surface area (Å²) in [7, 11) is 0. The molecule has 4 rings (SSSR count). The summed E-state index contributed by atoms with van der Waals surface area (Å²) in [5, 5.41) is 11.9. The predicted octanol–water partition coefficient (Wildman–Crippen LogP) is 1.31. The van der Waals surface area contributed by atoms with E-state index in [2.05, 4.69) is 27.3 Å². The summed E-state index contributed by atoms with van der Waals surface area (Å²) in [5.74, 6) is 1.83. The fourth-order valence-electron chi connectivity index (χ4n) is 3.66. The molecule has 1 N–H and O–H groups in total. The van der Waals surface area contributed by atoms with Crippen molar-refractivity contribution in [2.45, 2.75) is 26.3 Å². The standard InChI is InChI=1S/C17H24N6O/c1-2-18-16(22-9-6-17(12-22)7-10-24-13-17)19-11-15-21-20-14-5-3-4-8-23(14)15/h3-5,8H,2,6-7,9-13H2,1H3,(H,18,19). The Morgan fingerprint density at radius 1 is 1.38 bits per heavy atom. The summed E-state index contributed by atoms with van der Waals surface area (Å²) < 4.78 is 7.62. The third-order valence-electron chi connectivity index (χ3n) is 5.01. The Morgan fingerprint density at radius 2 is 2.33 bits per heavy atom. The Labute approximate surface area is 141 Å². The van der Waals surface area contributed by atoms with Crippen molar-refractivity contribution in [1.29, 1.82) is 0 Å². The van der Waals surface area contributed by atoms with E-state index < -0.39 is 0 Å². The first-order valence-corrected chi connectivity index (χ1v) is 8.69. The van der Waals surface area contributed by atoms with Crippen molar-refractivity contribution in [3.8, 4) is 0 Å². The van der Waals surface area contributed by atoms with Crippen molar-refractivity contribution in [3.63, 3.8) is 0 Å². The van der Waals surface area contributed by atoms with Crippen LogP contribution in [0.15, 0.2) is 29.4 Å². The van der Waals surface area contributed by atoms with Gasteiger partial charge in [-0.2, -0.15) is 0 Å². The summed E-state index contributed by atoms with van der Waals surface area (Å²) in [4.78, 5) is 7.17. The molecule has 2 aromatic heterocycles. The van der Waals surface area contributed by atoms with Crippen molar-refractivity contribution in [2.24, 2.45) is 10.4 Å². The molecule has 1 unspecified atom stereocenters. The Kier molecular flexibility index (Phi) is 4.10. The fraction of sp³-hybridized carbons (Fsp3) is 0.588. The monoisotopic (exact) mass is 328 g/mol. The number of guanidine groups is 1. The van der Waals surface area contributed by atoms with Gasteiger partial charge in [-0.05, 0) is 31.9 Å². The average molecular weight is 328 g/mol. The third kappa shape index (κ3) is 2.84. The lowest BCUT2D eigenvalue weighted by atomic mass is 9.87. The maximum Gasteiger partial charge on any atom is 0.194 e. The van der Waals surface area contributed by atoms with Crippen LogP contribution in [0.25, 0.3) is 5.65 Å². The highest BCUT2D eigenvalue weighted by Crippen LogP contribution is 2.38. The normalized spacial score (nSPS) is 24.4. The summed E-state index contributed by atoms with van der Waals surface area (Å²) in [6, 6.07) is 5.91. The maximum atomic E-state index is 5.63. The van der Waals surface area contributed by atoms with Gasteiger partial charge in [0, 0.05) is 37.9 Å². The molecule has 2 aliphatic heterocycles. The molecule has 24 heavy (non-hydrogen) atoms. The first-order chi connectivity index (χ1) is 11.8. The molecule has 0 aliphatic carbocycles. The second kappa shape index (κ2) is 6.39. The largest absolute Gasteiger partial charge is 0.381 e. The Balaban J connectivity index is 1.51. The Bertz CT molecular complexity index is 734. The maximum absolute atomic E-state index is 5.63. The first-order valence-electron chi connectivity index (χ1n) is 8.69. The van der Waals surface area contributed by atoms with Crippen LogP contribution in [-0.2, 0) is 11.3 Å². The average Bonchev–Trinajstić information content (AvgIpc) is 3.33. The minimum atomic E-state index is 0.331. The number of ether oxygens (including phenoxy) is 1. The van der Waals surface area contributed by atoms with Crippen LogP contribution in [0.2, 0.25) is 0 Å². The lowest BCUT2D eigenvalue weighted by molar-refractivity contribution is 0.156. The minimum absolute atomic E-state index is 0.331. The SMILES string of the molecule is CCNC(=NCc1nnc2ccccn12)N1CCC2(CCOC2)C1. The van der Waals surface area contributed by atoms with Crippen LogP contribution in [0.1, 0.15) is 25.6 Å². The molecule has 4 heterocycles. The summed E-state index contributed by atoms with van der Waals surface area (Å²) in [5.41, 5.74) is 1.19. The molecule has 2 aliphatic rings. The van der Waals surface area contributed by atoms with Gasteiger partial charge in [-0.15, -0.1) is 10.2 Å². The molecule has 2 saturated heterocycles. The van der Waals surface area contributed by atoms with E-state index in [1.165, 1.54) is 6.42 Å². The molecule has 1 atom stereocenters. The number of aliphatic imine (C=N–C) groups is 1. The molecule has 2 fully saturated rings. The zero-order valence-electron chi connectivity index (χ0n) is 14.1. The van der Waals surface area contributed by atoms with E-state index >= 15 is 0 Å². The molecule has 0 amide bonds. The van der Waals surface area contributed by atoms with Gasteiger partial charge in [0.25, 0.3) is 0 Å². The second-order valence-corrected chi connectivity index (χ2v) is 6.69. The van der Waals surface area contributed by atoms with Crippen molar-refractivity contribution in [1.82, 2.24) is 24.8 Å². The first kappa shape index (κ1) is 15.4. The van der Waals surface area contributed by atoms with Crippen molar-refractivity contribution in [2.75, 3.05) is 32.8 Å². The van der Waals surface area contributed by atoms with Gasteiger partial charge in [0.15, 0.2) is 17.4 Å². The van der Waals surface area contributed by atoms with Gasteiger partial charge in [0.05, 0.1) is 6.61 Å². The molecule has 0 radical (unpaired) electrons. The Hall–Kier alpha value is -2.15. The fourth-order valence-corrected chi connectivity index (χ4v) is 3.66. The van der Waals surface area contributed by atoms with Crippen molar-refractivity contribution < 1.29 is 4.74 Å². The minimum Gasteiger partial charge on any atom is -0.381 e. The topological polar surface area (TPSA) is 67.0 Å². The van der Waals surface area contributed by atoms with Gasteiger partial charge >= 0.3 is 0 Å². The lowest BCUT2D eigenvalue weighted by Crippen LogP contribution is -2.41. The Morgan fingerprint density at radius 3 is 3.17 bits per heavy atom. The highest BCUT2D eigenvalue weighted by atomic mass is 16.5. The number of likely N-dealkylation sites (tertiary alicyclic amines) is 1. The van der Waals surface area contributed by atoms with Gasteiger partial charge in [-0.3, -0.25) is 4.40 Å². The molecular formula is C17H24N6O. The summed E-state index contributed by atoms with van der Waals surface area (Å²) in [6.45, 7) is 7.33. The number of nitrogens with one attached hydrogen (secondary N) is 1. The number of hydrogen-bond donors (Lipinski definition) is 1. The van der Waals surface area contributed by atoms with Crippen LogP contribution in [0, 0.1) is 5.41 Å². The summed E-state index contributed by atoms with van der Waals surface area (Å²) >= 11 is 0. The van der Waals surface area contributed by atoms with Gasteiger partial charge in [0.1, 0.15) is 6.54 Å². The molecule has 1 spiro atoms. The molecule has 0 bridgehead atoms. The van der Waals surface area contributed by atoms with E-state index in [0.29, 0.717) is 12.0 Å². The van der Waals surface area contributed by atoms with Crippen LogP contribution in [0.5, 0.6) is 0 Å². The van der Waals surface area contributed by atoms with Gasteiger partial charge in [-0.25, -0.2) is 4.99 Å². The second-order valence-electron chi connectivity index (χ2n) is 6.69. The quantitative estimate of drug-likeness (QED) is 0.680. The zero-order valence-corrected chi connectivity index (χ0v) is 14.1. The van der Waals surface area contributed by atoms with E-state index in [1.807, 2.05) is 28.8 Å². The van der Waals surface area contributed by atoms with E-state index in [1.54, 1.807) is 0 Å². The molecule has 0 saturated carbocycles. The van der Waals surface area contributed by atoms with Crippen LogP contribution < -0.4 is 5.32 Å². The van der Waals surface area contributed by atoms with Crippen LogP contribution in [-0.4, -0.2) is 58.3 Å². The highest BCUT2D eigenvalue weighted by molar-refractivity contribution is 5.80. The van der Waals surface area contributed by atoms with Crippen molar-refractivity contribution in [3.05, 3.63) is 30.2 Å². The van der Waals surface area contributed by atoms with E-state index in [9.17, 15) is 0 Å². The van der Waals surface area contributed by atoms with Crippen molar-refractivity contribution >= 4 is 11.6 Å². The zero-order chi connectivity index (χ0) is 16.4. The summed E-state index contributed by atoms with van der Waals surface area (Å²) in [6.07, 6.45) is 4.33. The van der Waals surface area contributed by atoms with Crippen LogP contribution in [0.4, 0.5) is 0 Å². The highest BCUT2D eigenvalue weighted by Gasteiger charge is 2.42. The molecule has 7 nitrogen and oxygen atoms in total. The number of rotatable bonds is 3. The number of nitrogens with zero attached hydrogens (tertiary/aromatic N) is 5. The molecule has 7 heteroatoms. The number of aromatic nitrogens is 3. The predicted molar refractivity (Wildman–Crippen MR) is 91.9 cm³/mol. The third-order valence-corrected chi connectivity index (χ3v) is 5.01. The van der Waals surface area contributed by atoms with Gasteiger partial charge in [-0.1, -0.05) is 6.07 Å². The molecule has 0 aromatic carbocycles. The van der Waals surface area contributed by atoms with E-state index in [4.69, 9.17) is 9.73 Å². The number of hydrogen-bond acceptors (Lipinski definition) is 4. The smallest absolute Gasteiger partial charge is 0.194 e. The van der Waals surface area contributed by atoms with E-state index in [0.717, 1.165) is 56.7 Å². The van der Waals surface area contributed by atoms with Gasteiger partial charge < -0.3 is 15.0 Å². The van der Waals surface area contributed by atoms with E-state index in [-0.39, 0.29) is 0 Å². The van der Waals surface area contributed by atoms with Gasteiger partial charge in [0.2, 0.25) is 0 Å². The molecule has 2 aromatic rings. The lowest BCUT2D eigenvalue weighted by Gasteiger charge is -2.24. The number of fused-ring (bicyclic) bond motifs is 1. The number of pyridine rings is 1.